The number of carbonyl (C=O) groups is 1. The fourth-order valence-electron chi connectivity index (χ4n) is 1.92. The summed E-state index contributed by atoms with van der Waals surface area (Å²) in [6.07, 6.45) is -2.56. The molecule has 0 aromatic heterocycles. The molecule has 0 aliphatic rings. The summed E-state index contributed by atoms with van der Waals surface area (Å²) in [5, 5.41) is 19.4. The number of alkyl halides is 2. The Balaban J connectivity index is 3.04. The van der Waals surface area contributed by atoms with Gasteiger partial charge in [0.15, 0.2) is 0 Å². The van der Waals surface area contributed by atoms with E-state index in [1.807, 2.05) is 0 Å². The molecule has 0 bridgehead atoms. The number of aliphatic hydroxyl groups excluding tert-OH is 1. The molecule has 1 aromatic carbocycles. The lowest BCUT2D eigenvalue weighted by atomic mass is 9.86. The zero-order valence-electron chi connectivity index (χ0n) is 10.9. The number of hydrogen-bond acceptors (Lipinski definition) is 2. The lowest BCUT2D eigenvalue weighted by Gasteiger charge is -2.31. The summed E-state index contributed by atoms with van der Waals surface area (Å²) in [4.78, 5) is 10.8. The molecule has 3 N–H and O–H groups in total. The quantitative estimate of drug-likeness (QED) is 0.754. The molecule has 0 radical (unpaired) electrons. The molecular formula is C13H16F3NO3. The first-order chi connectivity index (χ1) is 9.20. The van der Waals surface area contributed by atoms with Crippen LogP contribution >= 0.6 is 0 Å². The van der Waals surface area contributed by atoms with Gasteiger partial charge in [0.2, 0.25) is 0 Å². The molecule has 0 saturated carbocycles. The van der Waals surface area contributed by atoms with Crippen LogP contribution in [0.3, 0.4) is 0 Å². The van der Waals surface area contributed by atoms with Crippen LogP contribution in [0.5, 0.6) is 0 Å². The van der Waals surface area contributed by atoms with Crippen LogP contribution in [0.1, 0.15) is 25.3 Å². The van der Waals surface area contributed by atoms with Crippen molar-refractivity contribution in [3.63, 3.8) is 0 Å². The second-order valence-corrected chi connectivity index (χ2v) is 4.76. The van der Waals surface area contributed by atoms with Crippen LogP contribution < -0.4 is 5.32 Å². The van der Waals surface area contributed by atoms with Crippen LogP contribution in [0.15, 0.2) is 24.3 Å². The standard InChI is InChI=1S/C13H16F3NO3/c1-12(17-11(19)20,6-7-13(15,16)8-18)9-4-2-3-5-10(9)14/h2-5,17-18H,6-8H2,1H3,(H,19,20). The molecule has 1 atom stereocenters. The molecular weight excluding hydrogens is 275 g/mol. The average molecular weight is 291 g/mol. The monoisotopic (exact) mass is 291 g/mol. The van der Waals surface area contributed by atoms with E-state index in [4.69, 9.17) is 10.2 Å². The van der Waals surface area contributed by atoms with Crippen molar-refractivity contribution in [3.05, 3.63) is 35.6 Å². The van der Waals surface area contributed by atoms with E-state index in [-0.39, 0.29) is 12.0 Å². The van der Waals surface area contributed by atoms with E-state index in [1.54, 1.807) is 0 Å². The summed E-state index contributed by atoms with van der Waals surface area (Å²) in [6.45, 7) is -0.0135. The maximum Gasteiger partial charge on any atom is 0.405 e. The number of hydrogen-bond donors (Lipinski definition) is 3. The predicted molar refractivity (Wildman–Crippen MR) is 66.2 cm³/mol. The lowest BCUT2D eigenvalue weighted by molar-refractivity contribution is -0.0620. The Bertz CT molecular complexity index is 482. The van der Waals surface area contributed by atoms with Crippen molar-refractivity contribution >= 4 is 6.09 Å². The van der Waals surface area contributed by atoms with Gasteiger partial charge in [0.05, 0.1) is 5.54 Å². The molecule has 0 aliphatic carbocycles. The van der Waals surface area contributed by atoms with Gasteiger partial charge in [0, 0.05) is 12.0 Å². The van der Waals surface area contributed by atoms with Gasteiger partial charge < -0.3 is 15.5 Å². The summed E-state index contributed by atoms with van der Waals surface area (Å²) in [7, 11) is 0. The number of carboxylic acid groups (broad SMARTS) is 1. The molecule has 1 amide bonds. The number of aliphatic hydroxyl groups is 1. The Hall–Kier alpha value is -1.76. The highest BCUT2D eigenvalue weighted by Gasteiger charge is 2.36. The van der Waals surface area contributed by atoms with Gasteiger partial charge in [-0.1, -0.05) is 18.2 Å². The molecule has 0 heterocycles. The summed E-state index contributed by atoms with van der Waals surface area (Å²) in [5.41, 5.74) is -1.52. The molecule has 1 rings (SSSR count). The van der Waals surface area contributed by atoms with E-state index < -0.39 is 36.4 Å². The molecule has 112 valence electrons. The number of amides is 1. The van der Waals surface area contributed by atoms with E-state index >= 15 is 0 Å². The van der Waals surface area contributed by atoms with Crippen LogP contribution in [-0.2, 0) is 5.54 Å². The average Bonchev–Trinajstić information content (AvgIpc) is 2.36. The minimum absolute atomic E-state index is 0.0175. The van der Waals surface area contributed by atoms with Crippen molar-refractivity contribution in [2.24, 2.45) is 0 Å². The summed E-state index contributed by atoms with van der Waals surface area (Å²) >= 11 is 0. The highest BCUT2D eigenvalue weighted by Crippen LogP contribution is 2.32. The maximum atomic E-state index is 13.8. The van der Waals surface area contributed by atoms with E-state index in [2.05, 4.69) is 5.32 Å². The number of benzene rings is 1. The minimum atomic E-state index is -3.34. The fraction of sp³-hybridized carbons (Fsp3) is 0.462. The molecule has 20 heavy (non-hydrogen) atoms. The molecule has 0 spiro atoms. The Kier molecular flexibility index (Phi) is 4.99. The number of nitrogens with one attached hydrogen (secondary N) is 1. The molecule has 4 nitrogen and oxygen atoms in total. The van der Waals surface area contributed by atoms with Gasteiger partial charge in [-0.3, -0.25) is 0 Å². The van der Waals surface area contributed by atoms with Gasteiger partial charge >= 0.3 is 6.09 Å². The third kappa shape index (κ3) is 4.12. The zero-order valence-corrected chi connectivity index (χ0v) is 10.9. The van der Waals surface area contributed by atoms with Crippen molar-refractivity contribution < 1.29 is 28.2 Å². The Morgan fingerprint density at radius 3 is 2.40 bits per heavy atom. The van der Waals surface area contributed by atoms with Crippen molar-refractivity contribution in [3.8, 4) is 0 Å². The summed E-state index contributed by atoms with van der Waals surface area (Å²) in [5.74, 6) is -4.02. The predicted octanol–water partition coefficient (Wildman–Crippen LogP) is 2.72. The minimum Gasteiger partial charge on any atom is -0.465 e. The Morgan fingerprint density at radius 1 is 1.30 bits per heavy atom. The van der Waals surface area contributed by atoms with E-state index in [0.717, 1.165) is 6.07 Å². The smallest absolute Gasteiger partial charge is 0.405 e. The third-order valence-electron chi connectivity index (χ3n) is 3.07. The SMILES string of the molecule is CC(CCC(F)(F)CO)(NC(=O)O)c1ccccc1F. The maximum absolute atomic E-state index is 13.8. The molecule has 1 aromatic rings. The van der Waals surface area contributed by atoms with E-state index in [9.17, 15) is 18.0 Å². The van der Waals surface area contributed by atoms with Crippen molar-refractivity contribution in [2.75, 3.05) is 6.61 Å². The topological polar surface area (TPSA) is 69.6 Å². The third-order valence-corrected chi connectivity index (χ3v) is 3.07. The zero-order chi connectivity index (χ0) is 15.4. The molecule has 1 unspecified atom stereocenters. The second-order valence-electron chi connectivity index (χ2n) is 4.76. The molecule has 0 saturated heterocycles. The Morgan fingerprint density at radius 2 is 1.90 bits per heavy atom. The van der Waals surface area contributed by atoms with Crippen LogP contribution in [0.25, 0.3) is 0 Å². The van der Waals surface area contributed by atoms with Gasteiger partial charge in [-0.05, 0) is 19.4 Å². The first-order valence-electron chi connectivity index (χ1n) is 5.95. The molecule has 0 aliphatic heterocycles. The van der Waals surface area contributed by atoms with Crippen LogP contribution in [0.4, 0.5) is 18.0 Å². The van der Waals surface area contributed by atoms with Crippen LogP contribution in [0.2, 0.25) is 0 Å². The summed E-state index contributed by atoms with van der Waals surface area (Å²) < 4.78 is 40.0. The van der Waals surface area contributed by atoms with Gasteiger partial charge in [0.1, 0.15) is 12.4 Å². The largest absolute Gasteiger partial charge is 0.465 e. The van der Waals surface area contributed by atoms with E-state index in [0.29, 0.717) is 0 Å². The Labute approximate surface area is 114 Å². The van der Waals surface area contributed by atoms with Crippen LogP contribution in [0, 0.1) is 5.82 Å². The van der Waals surface area contributed by atoms with Crippen LogP contribution in [-0.4, -0.2) is 28.8 Å². The van der Waals surface area contributed by atoms with E-state index in [1.165, 1.54) is 25.1 Å². The fourth-order valence-corrected chi connectivity index (χ4v) is 1.92. The highest BCUT2D eigenvalue weighted by molar-refractivity contribution is 5.66. The molecule has 0 fully saturated rings. The highest BCUT2D eigenvalue weighted by atomic mass is 19.3. The second kappa shape index (κ2) is 6.13. The molecule has 7 heteroatoms. The number of rotatable bonds is 6. The normalized spacial score (nSPS) is 14.7. The summed E-state index contributed by atoms with van der Waals surface area (Å²) in [6, 6.07) is 5.37. The van der Waals surface area contributed by atoms with Gasteiger partial charge in [-0.2, -0.15) is 0 Å². The van der Waals surface area contributed by atoms with Crippen molar-refractivity contribution in [1.29, 1.82) is 0 Å². The van der Waals surface area contributed by atoms with Crippen molar-refractivity contribution in [2.45, 2.75) is 31.2 Å². The number of halogens is 3. The van der Waals surface area contributed by atoms with Gasteiger partial charge in [-0.15, -0.1) is 0 Å². The first kappa shape index (κ1) is 16.3. The van der Waals surface area contributed by atoms with Crippen molar-refractivity contribution in [1.82, 2.24) is 5.32 Å². The lowest BCUT2D eigenvalue weighted by Crippen LogP contribution is -2.44. The first-order valence-corrected chi connectivity index (χ1v) is 5.95. The van der Waals surface area contributed by atoms with Gasteiger partial charge in [0.25, 0.3) is 5.92 Å². The van der Waals surface area contributed by atoms with Gasteiger partial charge in [-0.25, -0.2) is 18.0 Å².